The first-order chi connectivity index (χ1) is 9.53. The molecule has 0 radical (unpaired) electrons. The van der Waals surface area contributed by atoms with Crippen LogP contribution in [0.25, 0.3) is 0 Å². The predicted octanol–water partition coefficient (Wildman–Crippen LogP) is 2.34. The molecular formula is C15H21NO4. The Hall–Kier alpha value is -2.01. The number of hydrogen-bond donors (Lipinski definition) is 1. The van der Waals surface area contributed by atoms with Crippen LogP contribution in [0.1, 0.15) is 18.5 Å². The molecule has 0 heterocycles. The van der Waals surface area contributed by atoms with E-state index in [0.29, 0.717) is 18.0 Å². The molecule has 0 aliphatic carbocycles. The van der Waals surface area contributed by atoms with E-state index in [1.165, 1.54) is 0 Å². The van der Waals surface area contributed by atoms with Gasteiger partial charge in [0.1, 0.15) is 11.5 Å². The number of hydrogen-bond acceptors (Lipinski definition) is 4. The molecule has 0 saturated carbocycles. The first-order valence-corrected chi connectivity index (χ1v) is 6.32. The Kier molecular flexibility index (Phi) is 6.06. The Morgan fingerprint density at radius 3 is 2.65 bits per heavy atom. The molecule has 1 aromatic rings. The largest absolute Gasteiger partial charge is 0.497 e. The lowest BCUT2D eigenvalue weighted by Crippen LogP contribution is -2.32. The van der Waals surface area contributed by atoms with Crippen LogP contribution in [0.2, 0.25) is 0 Å². The minimum absolute atomic E-state index is 0.0532. The Balaban J connectivity index is 3.06. The average Bonchev–Trinajstić information content (AvgIpc) is 2.44. The summed E-state index contributed by atoms with van der Waals surface area (Å²) < 4.78 is 10.5. The number of rotatable bonds is 8. The average molecular weight is 279 g/mol. The quantitative estimate of drug-likeness (QED) is 0.740. The molecule has 1 aromatic carbocycles. The molecule has 110 valence electrons. The van der Waals surface area contributed by atoms with Gasteiger partial charge in [-0.05, 0) is 13.0 Å². The van der Waals surface area contributed by atoms with E-state index in [-0.39, 0.29) is 12.6 Å². The maximum atomic E-state index is 10.9. The van der Waals surface area contributed by atoms with Crippen molar-refractivity contribution in [3.63, 3.8) is 0 Å². The van der Waals surface area contributed by atoms with Crippen molar-refractivity contribution in [2.45, 2.75) is 13.0 Å². The zero-order valence-corrected chi connectivity index (χ0v) is 12.1. The fourth-order valence-electron chi connectivity index (χ4n) is 2.06. The van der Waals surface area contributed by atoms with Crippen molar-refractivity contribution >= 4 is 5.97 Å². The third-order valence-corrected chi connectivity index (χ3v) is 3.14. The normalized spacial score (nSPS) is 12.0. The zero-order valence-electron chi connectivity index (χ0n) is 12.1. The van der Waals surface area contributed by atoms with Crippen LogP contribution >= 0.6 is 0 Å². The topological polar surface area (TPSA) is 59.0 Å². The van der Waals surface area contributed by atoms with Gasteiger partial charge in [-0.1, -0.05) is 12.1 Å². The van der Waals surface area contributed by atoms with Crippen molar-refractivity contribution in [1.29, 1.82) is 0 Å². The standard InChI is InChI=1S/C15H21NO4/c1-5-8-16(10-15(17)18)11(2)13-7-6-12(19-3)9-14(13)20-4/h5-7,9,11H,1,8,10H2,2-4H3,(H,17,18). The molecule has 0 fully saturated rings. The number of nitrogens with zero attached hydrogens (tertiary/aromatic N) is 1. The van der Waals surface area contributed by atoms with E-state index in [9.17, 15) is 4.79 Å². The molecule has 5 nitrogen and oxygen atoms in total. The number of benzene rings is 1. The molecule has 0 aliphatic heterocycles. The van der Waals surface area contributed by atoms with E-state index in [2.05, 4.69) is 6.58 Å². The van der Waals surface area contributed by atoms with Crippen LogP contribution in [0.4, 0.5) is 0 Å². The summed E-state index contributed by atoms with van der Waals surface area (Å²) >= 11 is 0. The zero-order chi connectivity index (χ0) is 15.1. The fourth-order valence-corrected chi connectivity index (χ4v) is 2.06. The Labute approximate surface area is 119 Å². The second kappa shape index (κ2) is 7.55. The van der Waals surface area contributed by atoms with Gasteiger partial charge in [-0.2, -0.15) is 0 Å². The van der Waals surface area contributed by atoms with Gasteiger partial charge in [-0.3, -0.25) is 9.69 Å². The lowest BCUT2D eigenvalue weighted by molar-refractivity contribution is -0.138. The minimum atomic E-state index is -0.869. The van der Waals surface area contributed by atoms with E-state index in [1.54, 1.807) is 31.3 Å². The molecule has 20 heavy (non-hydrogen) atoms. The second-order valence-electron chi connectivity index (χ2n) is 4.40. The lowest BCUT2D eigenvalue weighted by Gasteiger charge is -2.27. The maximum Gasteiger partial charge on any atom is 0.317 e. The molecule has 5 heteroatoms. The van der Waals surface area contributed by atoms with Gasteiger partial charge in [0.25, 0.3) is 0 Å². The summed E-state index contributed by atoms with van der Waals surface area (Å²) in [5.74, 6) is 0.508. The van der Waals surface area contributed by atoms with Crippen LogP contribution in [-0.4, -0.2) is 43.3 Å². The summed E-state index contributed by atoms with van der Waals surface area (Å²) in [5.41, 5.74) is 0.913. The Morgan fingerprint density at radius 2 is 2.15 bits per heavy atom. The molecule has 0 aliphatic rings. The molecule has 0 aromatic heterocycles. The van der Waals surface area contributed by atoms with Gasteiger partial charge in [0.15, 0.2) is 0 Å². The molecule has 0 saturated heterocycles. The van der Waals surface area contributed by atoms with E-state index in [4.69, 9.17) is 14.6 Å². The van der Waals surface area contributed by atoms with E-state index in [1.807, 2.05) is 19.1 Å². The van der Waals surface area contributed by atoms with E-state index < -0.39 is 5.97 Å². The number of methoxy groups -OCH3 is 2. The molecule has 1 unspecified atom stereocenters. The highest BCUT2D eigenvalue weighted by molar-refractivity contribution is 5.69. The highest BCUT2D eigenvalue weighted by Gasteiger charge is 2.20. The summed E-state index contributed by atoms with van der Waals surface area (Å²) in [5, 5.41) is 8.99. The first-order valence-electron chi connectivity index (χ1n) is 6.32. The Bertz CT molecular complexity index is 473. The fraction of sp³-hybridized carbons (Fsp3) is 0.400. The van der Waals surface area contributed by atoms with Crippen molar-refractivity contribution in [2.75, 3.05) is 27.3 Å². The second-order valence-corrected chi connectivity index (χ2v) is 4.40. The van der Waals surface area contributed by atoms with E-state index in [0.717, 1.165) is 5.56 Å². The summed E-state index contributed by atoms with van der Waals surface area (Å²) in [7, 11) is 3.17. The number of ether oxygens (including phenoxy) is 2. The summed E-state index contributed by atoms with van der Waals surface area (Å²) in [4.78, 5) is 12.8. The molecule has 1 N–H and O–H groups in total. The van der Waals surface area contributed by atoms with Crippen molar-refractivity contribution < 1.29 is 19.4 Å². The molecular weight excluding hydrogens is 258 g/mol. The van der Waals surface area contributed by atoms with Crippen molar-refractivity contribution in [3.8, 4) is 11.5 Å². The van der Waals surface area contributed by atoms with Crippen LogP contribution in [0.5, 0.6) is 11.5 Å². The smallest absolute Gasteiger partial charge is 0.317 e. The number of aliphatic carboxylic acids is 1. The van der Waals surface area contributed by atoms with Gasteiger partial charge in [0.05, 0.1) is 20.8 Å². The van der Waals surface area contributed by atoms with Crippen LogP contribution in [-0.2, 0) is 4.79 Å². The monoisotopic (exact) mass is 279 g/mol. The van der Waals surface area contributed by atoms with E-state index >= 15 is 0 Å². The lowest BCUT2D eigenvalue weighted by atomic mass is 10.0. The van der Waals surface area contributed by atoms with Gasteiger partial charge < -0.3 is 14.6 Å². The first kappa shape index (κ1) is 16.0. The predicted molar refractivity (Wildman–Crippen MR) is 77.4 cm³/mol. The van der Waals surface area contributed by atoms with Crippen LogP contribution in [0.3, 0.4) is 0 Å². The molecule has 1 atom stereocenters. The summed E-state index contributed by atoms with van der Waals surface area (Å²) in [6.07, 6.45) is 1.69. The number of carbonyl (C=O) groups is 1. The maximum absolute atomic E-state index is 10.9. The van der Waals surface area contributed by atoms with Crippen molar-refractivity contribution in [2.24, 2.45) is 0 Å². The van der Waals surface area contributed by atoms with Gasteiger partial charge in [0, 0.05) is 24.2 Å². The van der Waals surface area contributed by atoms with Crippen LogP contribution in [0, 0.1) is 0 Å². The van der Waals surface area contributed by atoms with Crippen LogP contribution < -0.4 is 9.47 Å². The number of carboxylic acids is 1. The van der Waals surface area contributed by atoms with Crippen molar-refractivity contribution in [1.82, 2.24) is 4.90 Å². The molecule has 0 amide bonds. The van der Waals surface area contributed by atoms with Gasteiger partial charge >= 0.3 is 5.97 Å². The van der Waals surface area contributed by atoms with Gasteiger partial charge in [-0.15, -0.1) is 6.58 Å². The SMILES string of the molecule is C=CCN(CC(=O)O)C(C)c1ccc(OC)cc1OC. The highest BCUT2D eigenvalue weighted by atomic mass is 16.5. The third-order valence-electron chi connectivity index (χ3n) is 3.14. The summed E-state index contributed by atoms with van der Waals surface area (Å²) in [6.45, 7) is 6.04. The van der Waals surface area contributed by atoms with Crippen molar-refractivity contribution in [3.05, 3.63) is 36.4 Å². The van der Waals surface area contributed by atoms with Crippen LogP contribution in [0.15, 0.2) is 30.9 Å². The Morgan fingerprint density at radius 1 is 1.45 bits per heavy atom. The number of carboxylic acid groups (broad SMARTS) is 1. The highest BCUT2D eigenvalue weighted by Crippen LogP contribution is 2.32. The van der Waals surface area contributed by atoms with Gasteiger partial charge in [-0.25, -0.2) is 0 Å². The molecule has 0 bridgehead atoms. The molecule has 1 rings (SSSR count). The minimum Gasteiger partial charge on any atom is -0.497 e. The third kappa shape index (κ3) is 3.99. The molecule has 0 spiro atoms. The van der Waals surface area contributed by atoms with Gasteiger partial charge in [0.2, 0.25) is 0 Å². The summed E-state index contributed by atoms with van der Waals surface area (Å²) in [6, 6.07) is 5.41.